The molecule has 1 unspecified atom stereocenters. The number of hydroxylamine groups is 1. The maximum Gasteiger partial charge on any atom is 0.264 e. The van der Waals surface area contributed by atoms with Crippen LogP contribution < -0.4 is 5.48 Å². The number of sulfone groups is 1. The van der Waals surface area contributed by atoms with Crippen molar-refractivity contribution in [1.82, 2.24) is 24.8 Å². The number of aryl methyl sites for hydroxylation is 1. The molecule has 2 aromatic heterocycles. The number of benzene rings is 1. The van der Waals surface area contributed by atoms with Crippen molar-refractivity contribution in [2.45, 2.75) is 24.6 Å². The number of hydrogen-bond donors (Lipinski definition) is 2. The van der Waals surface area contributed by atoms with Gasteiger partial charge in [0.25, 0.3) is 5.91 Å². The van der Waals surface area contributed by atoms with E-state index in [1.165, 1.54) is 29.2 Å². The van der Waals surface area contributed by atoms with Crippen molar-refractivity contribution in [2.75, 3.05) is 6.26 Å². The Kier molecular flexibility index (Phi) is 5.53. The maximum atomic E-state index is 13.1. The number of hydrogen-bond acceptors (Lipinski definition) is 6. The molecular weight excluding hydrogens is 401 g/mol. The van der Waals surface area contributed by atoms with Gasteiger partial charge in [-0.3, -0.25) is 14.7 Å². The highest BCUT2D eigenvalue weighted by Gasteiger charge is 2.43. The third-order valence-corrected chi connectivity index (χ3v) is 6.88. The molecule has 0 saturated carbocycles. The first-order chi connectivity index (χ1) is 13.6. The lowest BCUT2D eigenvalue weighted by molar-refractivity contribution is -0.131. The molecule has 0 fully saturated rings. The first kappa shape index (κ1) is 20.7. The molecule has 0 aliphatic carbocycles. The summed E-state index contributed by atoms with van der Waals surface area (Å²) in [4.78, 5) is 16.2. The molecule has 0 spiro atoms. The van der Waals surface area contributed by atoms with Gasteiger partial charge < -0.3 is 4.57 Å². The van der Waals surface area contributed by atoms with Gasteiger partial charge in [0.05, 0.1) is 18.2 Å². The topological polar surface area (TPSA) is 119 Å². The zero-order chi connectivity index (χ0) is 21.2. The quantitative estimate of drug-likeness (QED) is 0.442. The number of amides is 1. The van der Waals surface area contributed by atoms with Gasteiger partial charge in [0, 0.05) is 36.4 Å². The highest BCUT2D eigenvalue weighted by atomic mass is 32.2. The number of rotatable bonds is 7. The molecular formula is C18H20FN5O4S. The molecule has 1 aromatic carbocycles. The molecule has 2 N–H and O–H groups in total. The van der Waals surface area contributed by atoms with E-state index in [2.05, 4.69) is 10.1 Å². The molecule has 29 heavy (non-hydrogen) atoms. The fraction of sp³-hybridized carbons (Fsp3) is 0.278. The van der Waals surface area contributed by atoms with Crippen LogP contribution in [0.1, 0.15) is 13.3 Å². The van der Waals surface area contributed by atoms with Crippen LogP contribution in [0.5, 0.6) is 0 Å². The molecule has 0 aliphatic rings. The summed E-state index contributed by atoms with van der Waals surface area (Å²) in [5.41, 5.74) is 3.48. The van der Waals surface area contributed by atoms with Crippen molar-refractivity contribution in [2.24, 2.45) is 0 Å². The lowest BCUT2D eigenvalue weighted by atomic mass is 10.1. The van der Waals surface area contributed by atoms with Crippen molar-refractivity contribution in [3.8, 4) is 16.9 Å². The number of imidazole rings is 1. The number of nitrogens with zero attached hydrogens (tertiary/aromatic N) is 4. The Bertz CT molecular complexity index is 1120. The van der Waals surface area contributed by atoms with Crippen LogP contribution in [0.3, 0.4) is 0 Å². The lowest BCUT2D eigenvalue weighted by Crippen LogP contribution is -2.49. The smallest absolute Gasteiger partial charge is 0.264 e. The summed E-state index contributed by atoms with van der Waals surface area (Å²) < 4.78 is 38.6. The summed E-state index contributed by atoms with van der Waals surface area (Å²) in [7, 11) is -3.78. The lowest BCUT2D eigenvalue weighted by Gasteiger charge is -2.24. The average Bonchev–Trinajstić information content (AvgIpc) is 3.34. The molecule has 0 bridgehead atoms. The monoisotopic (exact) mass is 421 g/mol. The standard InChI is InChI=1S/C18H20FN5O4S/c1-18(17(25)22-26,29(2,27)28)7-8-24-10-13(9-21-24)16-11-23(12-20-16)15-5-3-14(19)4-6-15/h3-6,9-12,26H,7-8H2,1-2H3,(H,22,25). The molecule has 1 amide bonds. The molecule has 0 radical (unpaired) electrons. The van der Waals surface area contributed by atoms with E-state index in [0.29, 0.717) is 11.3 Å². The summed E-state index contributed by atoms with van der Waals surface area (Å²) in [5.74, 6) is -1.32. The molecule has 0 aliphatic heterocycles. The van der Waals surface area contributed by atoms with Gasteiger partial charge in [-0.1, -0.05) is 0 Å². The van der Waals surface area contributed by atoms with E-state index in [4.69, 9.17) is 5.21 Å². The van der Waals surface area contributed by atoms with Crippen LogP contribution in [-0.2, 0) is 21.2 Å². The fourth-order valence-corrected chi connectivity index (χ4v) is 3.60. The molecule has 11 heteroatoms. The van der Waals surface area contributed by atoms with Crippen LogP contribution in [0.25, 0.3) is 16.9 Å². The SMILES string of the molecule is CC(CCn1cc(-c2cn(-c3ccc(F)cc3)cn2)cn1)(C(=O)NO)S(C)(=O)=O. The molecule has 0 saturated heterocycles. The van der Waals surface area contributed by atoms with Crippen molar-refractivity contribution >= 4 is 15.7 Å². The first-order valence-corrected chi connectivity index (χ1v) is 10.5. The van der Waals surface area contributed by atoms with E-state index < -0.39 is 20.5 Å². The van der Waals surface area contributed by atoms with Gasteiger partial charge in [-0.2, -0.15) is 5.10 Å². The Morgan fingerprint density at radius 3 is 2.59 bits per heavy atom. The number of halogens is 1. The number of carbonyl (C=O) groups is 1. The van der Waals surface area contributed by atoms with Gasteiger partial charge in [-0.05, 0) is 37.6 Å². The van der Waals surface area contributed by atoms with E-state index in [1.807, 2.05) is 0 Å². The Balaban J connectivity index is 1.76. The summed E-state index contributed by atoms with van der Waals surface area (Å²) >= 11 is 0. The van der Waals surface area contributed by atoms with Gasteiger partial charge in [-0.15, -0.1) is 0 Å². The number of aromatic nitrogens is 4. The third-order valence-electron chi connectivity index (χ3n) is 4.85. The zero-order valence-electron chi connectivity index (χ0n) is 15.8. The summed E-state index contributed by atoms with van der Waals surface area (Å²) in [6.07, 6.45) is 7.46. The van der Waals surface area contributed by atoms with Gasteiger partial charge in [-0.25, -0.2) is 23.3 Å². The molecule has 154 valence electrons. The number of nitrogens with one attached hydrogen (secondary N) is 1. The van der Waals surface area contributed by atoms with Crippen LogP contribution in [0, 0.1) is 5.82 Å². The number of carbonyl (C=O) groups excluding carboxylic acids is 1. The van der Waals surface area contributed by atoms with Gasteiger partial charge in [0.1, 0.15) is 5.82 Å². The highest BCUT2D eigenvalue weighted by Crippen LogP contribution is 2.23. The summed E-state index contributed by atoms with van der Waals surface area (Å²) in [6, 6.07) is 5.97. The summed E-state index contributed by atoms with van der Waals surface area (Å²) in [5, 5.41) is 13.1. The minimum absolute atomic E-state index is 0.0800. The predicted molar refractivity (Wildman–Crippen MR) is 103 cm³/mol. The molecule has 1 atom stereocenters. The average molecular weight is 421 g/mol. The molecule has 3 aromatic rings. The minimum atomic E-state index is -3.78. The second-order valence-electron chi connectivity index (χ2n) is 6.83. The van der Waals surface area contributed by atoms with Crippen molar-refractivity contribution < 1.29 is 22.8 Å². The second kappa shape index (κ2) is 7.76. The second-order valence-corrected chi connectivity index (χ2v) is 9.27. The van der Waals surface area contributed by atoms with Gasteiger partial charge in [0.2, 0.25) is 0 Å². The zero-order valence-corrected chi connectivity index (χ0v) is 16.6. The van der Waals surface area contributed by atoms with Crippen molar-refractivity contribution in [3.05, 3.63) is 55.0 Å². The van der Waals surface area contributed by atoms with Crippen LogP contribution in [-0.4, -0.2) is 49.9 Å². The van der Waals surface area contributed by atoms with Crippen molar-refractivity contribution in [1.29, 1.82) is 0 Å². The van der Waals surface area contributed by atoms with E-state index in [-0.39, 0.29) is 18.8 Å². The summed E-state index contributed by atoms with van der Waals surface area (Å²) in [6.45, 7) is 1.39. The first-order valence-electron chi connectivity index (χ1n) is 8.61. The third kappa shape index (κ3) is 4.20. The molecule has 9 nitrogen and oxygen atoms in total. The van der Waals surface area contributed by atoms with Crippen LogP contribution in [0.15, 0.2) is 49.2 Å². The van der Waals surface area contributed by atoms with E-state index in [1.54, 1.807) is 41.6 Å². The minimum Gasteiger partial charge on any atom is -0.306 e. The van der Waals surface area contributed by atoms with E-state index in [0.717, 1.165) is 11.9 Å². The Morgan fingerprint density at radius 1 is 1.28 bits per heavy atom. The highest BCUT2D eigenvalue weighted by molar-refractivity contribution is 7.92. The molecule has 2 heterocycles. The van der Waals surface area contributed by atoms with Crippen LogP contribution in [0.2, 0.25) is 0 Å². The van der Waals surface area contributed by atoms with Crippen LogP contribution in [0.4, 0.5) is 4.39 Å². The Morgan fingerprint density at radius 2 is 1.97 bits per heavy atom. The maximum absolute atomic E-state index is 13.1. The van der Waals surface area contributed by atoms with Gasteiger partial charge >= 0.3 is 0 Å². The Hall–Kier alpha value is -3.05. The van der Waals surface area contributed by atoms with E-state index in [9.17, 15) is 17.6 Å². The molecule has 3 rings (SSSR count). The van der Waals surface area contributed by atoms with Crippen molar-refractivity contribution in [3.63, 3.8) is 0 Å². The van der Waals surface area contributed by atoms with Crippen LogP contribution >= 0.6 is 0 Å². The largest absolute Gasteiger partial charge is 0.306 e. The predicted octanol–water partition coefficient (Wildman–Crippen LogP) is 1.57. The Labute approximate surface area is 166 Å². The fourth-order valence-electron chi connectivity index (χ4n) is 2.76. The van der Waals surface area contributed by atoms with E-state index >= 15 is 0 Å². The normalized spacial score (nSPS) is 13.8. The van der Waals surface area contributed by atoms with Gasteiger partial charge in [0.15, 0.2) is 14.6 Å².